The van der Waals surface area contributed by atoms with E-state index < -0.39 is 23.8 Å². The van der Waals surface area contributed by atoms with Crippen molar-refractivity contribution < 1.29 is 18.0 Å². The molecule has 3 heterocycles. The summed E-state index contributed by atoms with van der Waals surface area (Å²) in [6, 6.07) is 15.8. The Morgan fingerprint density at radius 1 is 1.06 bits per heavy atom. The molecule has 0 aliphatic heterocycles. The number of alkyl halides is 2. The highest BCUT2D eigenvalue weighted by molar-refractivity contribution is 6.08. The zero-order valence-corrected chi connectivity index (χ0v) is 19.4. The lowest BCUT2D eigenvalue weighted by molar-refractivity contribution is 0.102. The molecule has 0 aliphatic carbocycles. The largest absolute Gasteiger partial charge is 0.322 e. The minimum absolute atomic E-state index is 0.0246. The number of nitrogens with zero attached hydrogens (tertiary/aromatic N) is 5. The van der Waals surface area contributed by atoms with Crippen molar-refractivity contribution in [2.75, 3.05) is 5.32 Å². The fourth-order valence-electron chi connectivity index (χ4n) is 4.02. The minimum Gasteiger partial charge on any atom is -0.322 e. The van der Waals surface area contributed by atoms with Crippen molar-refractivity contribution in [3.63, 3.8) is 0 Å². The van der Waals surface area contributed by atoms with Crippen molar-refractivity contribution in [2.45, 2.75) is 26.8 Å². The van der Waals surface area contributed by atoms with Gasteiger partial charge in [0.05, 0.1) is 24.1 Å². The summed E-state index contributed by atoms with van der Waals surface area (Å²) < 4.78 is 43.8. The highest BCUT2D eigenvalue weighted by atomic mass is 19.3. The standard InChI is InChI=1S/C26H21F3N6O/c1-15-10-16(2)34(33-15)14-17-4-3-5-20(11-17)31-26(36)21-13-30-35-23(24(28)29)12-22(32-25(21)35)18-6-8-19(27)9-7-18/h3-13,24H,14H2,1-2H3,(H,31,36). The van der Waals surface area contributed by atoms with E-state index in [0.717, 1.165) is 21.5 Å². The Balaban J connectivity index is 1.47. The van der Waals surface area contributed by atoms with Crippen molar-refractivity contribution in [1.29, 1.82) is 0 Å². The van der Waals surface area contributed by atoms with Crippen LogP contribution in [0.1, 0.15) is 39.4 Å². The highest BCUT2D eigenvalue weighted by Crippen LogP contribution is 2.27. The van der Waals surface area contributed by atoms with Gasteiger partial charge in [0.15, 0.2) is 5.65 Å². The summed E-state index contributed by atoms with van der Waals surface area (Å²) in [5.41, 5.74) is 3.59. The van der Waals surface area contributed by atoms with Crippen LogP contribution in [0.3, 0.4) is 0 Å². The van der Waals surface area contributed by atoms with Gasteiger partial charge in [-0.05, 0) is 67.9 Å². The number of hydrogen-bond donors (Lipinski definition) is 1. The number of aryl methyl sites for hydroxylation is 2. The third-order valence-corrected chi connectivity index (χ3v) is 5.73. The van der Waals surface area contributed by atoms with Crippen molar-refractivity contribution in [3.8, 4) is 11.3 Å². The molecule has 2 aromatic carbocycles. The average Bonchev–Trinajstić information content (AvgIpc) is 3.41. The van der Waals surface area contributed by atoms with Crippen LogP contribution in [0.2, 0.25) is 0 Å². The Labute approximate surface area is 204 Å². The molecule has 5 rings (SSSR count). The molecule has 7 nitrogen and oxygen atoms in total. The molecule has 0 spiro atoms. The summed E-state index contributed by atoms with van der Waals surface area (Å²) >= 11 is 0. The summed E-state index contributed by atoms with van der Waals surface area (Å²) in [5.74, 6) is -1.00. The van der Waals surface area contributed by atoms with Crippen LogP contribution in [-0.4, -0.2) is 30.3 Å². The molecule has 0 radical (unpaired) electrons. The Kier molecular flexibility index (Phi) is 6.01. The number of anilines is 1. The van der Waals surface area contributed by atoms with Gasteiger partial charge >= 0.3 is 0 Å². The van der Waals surface area contributed by atoms with Crippen LogP contribution in [0.15, 0.2) is 66.9 Å². The maximum absolute atomic E-state index is 13.8. The van der Waals surface area contributed by atoms with E-state index in [4.69, 9.17) is 0 Å². The molecule has 0 bridgehead atoms. The normalized spacial score (nSPS) is 11.4. The van der Waals surface area contributed by atoms with Gasteiger partial charge < -0.3 is 5.32 Å². The van der Waals surface area contributed by atoms with E-state index in [1.165, 1.54) is 36.5 Å². The Morgan fingerprint density at radius 3 is 2.53 bits per heavy atom. The zero-order chi connectivity index (χ0) is 25.4. The lowest BCUT2D eigenvalue weighted by Crippen LogP contribution is -2.13. The Hall–Kier alpha value is -4.47. The summed E-state index contributed by atoms with van der Waals surface area (Å²) in [5, 5.41) is 11.2. The van der Waals surface area contributed by atoms with Crippen LogP contribution in [0.25, 0.3) is 16.9 Å². The van der Waals surface area contributed by atoms with Crippen LogP contribution >= 0.6 is 0 Å². The summed E-state index contributed by atoms with van der Waals surface area (Å²) in [4.78, 5) is 17.5. The van der Waals surface area contributed by atoms with Gasteiger partial charge in [-0.25, -0.2) is 22.7 Å². The predicted molar refractivity (Wildman–Crippen MR) is 129 cm³/mol. The van der Waals surface area contributed by atoms with E-state index >= 15 is 0 Å². The van der Waals surface area contributed by atoms with E-state index in [9.17, 15) is 18.0 Å². The number of amides is 1. The smallest absolute Gasteiger partial charge is 0.280 e. The Bertz CT molecular complexity index is 1570. The van der Waals surface area contributed by atoms with E-state index in [1.54, 1.807) is 6.07 Å². The summed E-state index contributed by atoms with van der Waals surface area (Å²) in [6.07, 6.45) is -1.66. The number of fused-ring (bicyclic) bond motifs is 1. The van der Waals surface area contributed by atoms with Gasteiger partial charge in [-0.3, -0.25) is 9.48 Å². The molecule has 0 fully saturated rings. The number of benzene rings is 2. The molecule has 1 amide bonds. The van der Waals surface area contributed by atoms with Gasteiger partial charge in [-0.15, -0.1) is 0 Å². The molecule has 0 atom stereocenters. The SMILES string of the molecule is Cc1cc(C)n(Cc2cccc(NC(=O)c3cnn4c(C(F)F)cc(-c5ccc(F)cc5)nc34)c2)n1. The minimum atomic E-state index is -2.86. The molecule has 182 valence electrons. The van der Waals surface area contributed by atoms with E-state index in [0.29, 0.717) is 17.8 Å². The second-order valence-electron chi connectivity index (χ2n) is 8.41. The van der Waals surface area contributed by atoms with Crippen LogP contribution in [-0.2, 0) is 6.54 Å². The molecular formula is C26H21F3N6O. The third kappa shape index (κ3) is 4.57. The quantitative estimate of drug-likeness (QED) is 0.337. The fraction of sp³-hybridized carbons (Fsp3) is 0.154. The first-order valence-electron chi connectivity index (χ1n) is 11.1. The first-order chi connectivity index (χ1) is 17.3. The maximum atomic E-state index is 13.8. The number of rotatable bonds is 6. The first kappa shape index (κ1) is 23.3. The van der Waals surface area contributed by atoms with Crippen LogP contribution < -0.4 is 5.32 Å². The maximum Gasteiger partial charge on any atom is 0.280 e. The van der Waals surface area contributed by atoms with Crippen molar-refractivity contribution in [1.82, 2.24) is 24.4 Å². The Morgan fingerprint density at radius 2 is 1.83 bits per heavy atom. The zero-order valence-electron chi connectivity index (χ0n) is 19.4. The van der Waals surface area contributed by atoms with E-state index in [2.05, 4.69) is 20.5 Å². The molecular weight excluding hydrogens is 469 g/mol. The molecule has 36 heavy (non-hydrogen) atoms. The third-order valence-electron chi connectivity index (χ3n) is 5.73. The van der Waals surface area contributed by atoms with Crippen molar-refractivity contribution in [3.05, 3.63) is 101 Å². The molecule has 5 aromatic rings. The monoisotopic (exact) mass is 490 g/mol. The second-order valence-corrected chi connectivity index (χ2v) is 8.41. The van der Waals surface area contributed by atoms with Crippen molar-refractivity contribution in [2.24, 2.45) is 0 Å². The second kappa shape index (κ2) is 9.29. The summed E-state index contributed by atoms with van der Waals surface area (Å²) in [6.45, 7) is 4.42. The molecule has 0 saturated carbocycles. The highest BCUT2D eigenvalue weighted by Gasteiger charge is 2.22. The molecule has 0 aliphatic rings. The van der Waals surface area contributed by atoms with Crippen molar-refractivity contribution >= 4 is 17.2 Å². The average molecular weight is 490 g/mol. The van der Waals surface area contributed by atoms with Gasteiger partial charge in [0, 0.05) is 16.9 Å². The van der Waals surface area contributed by atoms with Crippen LogP contribution in [0.4, 0.5) is 18.9 Å². The summed E-state index contributed by atoms with van der Waals surface area (Å²) in [7, 11) is 0. The van der Waals surface area contributed by atoms with E-state index in [1.807, 2.05) is 42.8 Å². The predicted octanol–water partition coefficient (Wildman–Crippen LogP) is 5.59. The number of carbonyl (C=O) groups excluding carboxylic acids is 1. The topological polar surface area (TPSA) is 77.1 Å². The van der Waals surface area contributed by atoms with Gasteiger partial charge in [0.25, 0.3) is 12.3 Å². The van der Waals surface area contributed by atoms with Gasteiger partial charge in [0.2, 0.25) is 0 Å². The fourth-order valence-corrected chi connectivity index (χ4v) is 4.02. The molecule has 3 aromatic heterocycles. The van der Waals surface area contributed by atoms with Crippen LogP contribution in [0.5, 0.6) is 0 Å². The number of halogens is 3. The lowest BCUT2D eigenvalue weighted by Gasteiger charge is -2.10. The molecule has 1 N–H and O–H groups in total. The van der Waals surface area contributed by atoms with Gasteiger partial charge in [0.1, 0.15) is 17.1 Å². The number of aromatic nitrogens is 5. The number of nitrogens with one attached hydrogen (secondary N) is 1. The first-order valence-corrected chi connectivity index (χ1v) is 11.1. The van der Waals surface area contributed by atoms with Crippen LogP contribution in [0, 0.1) is 19.7 Å². The van der Waals surface area contributed by atoms with Gasteiger partial charge in [-0.2, -0.15) is 10.2 Å². The molecule has 0 unspecified atom stereocenters. The number of hydrogen-bond acceptors (Lipinski definition) is 4. The lowest BCUT2D eigenvalue weighted by atomic mass is 10.1. The molecule has 0 saturated heterocycles. The van der Waals surface area contributed by atoms with Gasteiger partial charge in [-0.1, -0.05) is 12.1 Å². The van der Waals surface area contributed by atoms with E-state index in [-0.39, 0.29) is 16.9 Å². The number of carbonyl (C=O) groups is 1. The molecule has 10 heteroatoms.